The number of rotatable bonds is 2. The van der Waals surface area contributed by atoms with Crippen molar-refractivity contribution in [3.8, 4) is 0 Å². The number of benzene rings is 1. The molecule has 1 aromatic carbocycles. The molecule has 0 saturated carbocycles. The molecule has 2 rings (SSSR count). The Balaban J connectivity index is 2.28. The van der Waals surface area contributed by atoms with Crippen molar-refractivity contribution < 1.29 is 0 Å². The molecule has 0 saturated heterocycles. The summed E-state index contributed by atoms with van der Waals surface area (Å²) in [4.78, 5) is 4.47. The number of nitrogens with zero attached hydrogens (tertiary/aromatic N) is 1. The van der Waals surface area contributed by atoms with Gasteiger partial charge >= 0.3 is 0 Å². The third-order valence-corrected chi connectivity index (χ3v) is 3.35. The Kier molecular flexibility index (Phi) is 3.48. The van der Waals surface area contributed by atoms with Gasteiger partial charge in [0.05, 0.1) is 5.69 Å². The summed E-state index contributed by atoms with van der Waals surface area (Å²) in [6.45, 7) is 6.17. The summed E-state index contributed by atoms with van der Waals surface area (Å²) in [5, 5.41) is 3.32. The van der Waals surface area contributed by atoms with Crippen molar-refractivity contribution >= 4 is 27.4 Å². The second kappa shape index (κ2) is 4.88. The van der Waals surface area contributed by atoms with Gasteiger partial charge in [0.15, 0.2) is 0 Å². The molecule has 3 heteroatoms. The molecule has 0 aliphatic heterocycles. The summed E-state index contributed by atoms with van der Waals surface area (Å²) in [5.41, 5.74) is 4.57. The van der Waals surface area contributed by atoms with E-state index >= 15 is 0 Å². The van der Waals surface area contributed by atoms with Crippen LogP contribution >= 0.6 is 15.9 Å². The van der Waals surface area contributed by atoms with E-state index in [1.165, 1.54) is 11.1 Å². The predicted octanol–water partition coefficient (Wildman–Crippen LogP) is 4.51. The average Bonchev–Trinajstić information content (AvgIpc) is 2.22. The lowest BCUT2D eigenvalue weighted by molar-refractivity contribution is 1.18. The molecule has 0 spiro atoms. The smallest absolute Gasteiger partial charge is 0.130 e. The number of hydrogen-bond acceptors (Lipinski definition) is 2. The molecule has 0 aliphatic carbocycles. The molecule has 0 atom stereocenters. The monoisotopic (exact) mass is 290 g/mol. The second-order valence-electron chi connectivity index (χ2n) is 4.27. The summed E-state index contributed by atoms with van der Waals surface area (Å²) < 4.78 is 1.03. The standard InChI is InChI=1S/C14H15BrN2/c1-9-6-10(2)8-12(7-9)17-14-5-4-13(15)11(3)16-14/h4-8H,1-3H3,(H,16,17). The lowest BCUT2D eigenvalue weighted by Gasteiger charge is -2.09. The summed E-state index contributed by atoms with van der Waals surface area (Å²) in [5.74, 6) is 0.871. The van der Waals surface area contributed by atoms with Gasteiger partial charge in [0.1, 0.15) is 5.82 Å². The minimum absolute atomic E-state index is 0.871. The first-order valence-corrected chi connectivity index (χ1v) is 6.32. The molecule has 1 aromatic heterocycles. The molecule has 2 aromatic rings. The van der Waals surface area contributed by atoms with Crippen LogP contribution in [0.4, 0.5) is 11.5 Å². The van der Waals surface area contributed by atoms with Crippen LogP contribution in [-0.2, 0) is 0 Å². The number of anilines is 2. The highest BCUT2D eigenvalue weighted by Crippen LogP contribution is 2.21. The van der Waals surface area contributed by atoms with Crippen molar-refractivity contribution in [3.63, 3.8) is 0 Å². The van der Waals surface area contributed by atoms with Crippen LogP contribution in [0.2, 0.25) is 0 Å². The first-order valence-electron chi connectivity index (χ1n) is 5.53. The zero-order valence-electron chi connectivity index (χ0n) is 10.2. The largest absolute Gasteiger partial charge is 0.340 e. The minimum atomic E-state index is 0.871. The topological polar surface area (TPSA) is 24.9 Å². The van der Waals surface area contributed by atoms with Crippen LogP contribution in [0.15, 0.2) is 34.8 Å². The molecule has 0 bridgehead atoms. The molecule has 0 radical (unpaired) electrons. The fraction of sp³-hybridized carbons (Fsp3) is 0.214. The zero-order chi connectivity index (χ0) is 12.4. The van der Waals surface area contributed by atoms with Gasteiger partial charge in [0, 0.05) is 10.2 Å². The van der Waals surface area contributed by atoms with Crippen LogP contribution in [0.5, 0.6) is 0 Å². The van der Waals surface area contributed by atoms with Crippen molar-refractivity contribution in [2.75, 3.05) is 5.32 Å². The lowest BCUT2D eigenvalue weighted by Crippen LogP contribution is -1.96. The van der Waals surface area contributed by atoms with Crippen LogP contribution in [0.3, 0.4) is 0 Å². The van der Waals surface area contributed by atoms with E-state index in [0.717, 1.165) is 21.7 Å². The highest BCUT2D eigenvalue weighted by molar-refractivity contribution is 9.10. The summed E-state index contributed by atoms with van der Waals surface area (Å²) >= 11 is 3.45. The Morgan fingerprint density at radius 3 is 2.24 bits per heavy atom. The first-order chi connectivity index (χ1) is 8.04. The van der Waals surface area contributed by atoms with Gasteiger partial charge in [-0.1, -0.05) is 6.07 Å². The summed E-state index contributed by atoms with van der Waals surface area (Å²) in [6.07, 6.45) is 0. The van der Waals surface area contributed by atoms with Crippen molar-refractivity contribution in [3.05, 3.63) is 51.6 Å². The highest BCUT2D eigenvalue weighted by Gasteiger charge is 2.00. The maximum atomic E-state index is 4.47. The maximum Gasteiger partial charge on any atom is 0.130 e. The van der Waals surface area contributed by atoms with Crippen LogP contribution in [-0.4, -0.2) is 4.98 Å². The number of aryl methyl sites for hydroxylation is 3. The molecule has 0 amide bonds. The maximum absolute atomic E-state index is 4.47. The second-order valence-corrected chi connectivity index (χ2v) is 5.12. The Hall–Kier alpha value is -1.35. The molecule has 17 heavy (non-hydrogen) atoms. The van der Waals surface area contributed by atoms with E-state index in [9.17, 15) is 0 Å². The van der Waals surface area contributed by atoms with Gasteiger partial charge in [0.25, 0.3) is 0 Å². The van der Waals surface area contributed by atoms with Gasteiger partial charge in [-0.15, -0.1) is 0 Å². The van der Waals surface area contributed by atoms with E-state index < -0.39 is 0 Å². The van der Waals surface area contributed by atoms with E-state index in [1.54, 1.807) is 0 Å². The number of nitrogens with one attached hydrogen (secondary N) is 1. The van der Waals surface area contributed by atoms with Crippen LogP contribution < -0.4 is 5.32 Å². The molecular formula is C14H15BrN2. The SMILES string of the molecule is Cc1cc(C)cc(Nc2ccc(Br)c(C)n2)c1. The molecule has 0 fully saturated rings. The number of halogens is 1. The van der Waals surface area contributed by atoms with E-state index in [-0.39, 0.29) is 0 Å². The van der Waals surface area contributed by atoms with Crippen LogP contribution in [0, 0.1) is 20.8 Å². The highest BCUT2D eigenvalue weighted by atomic mass is 79.9. The molecular weight excluding hydrogens is 276 g/mol. The van der Waals surface area contributed by atoms with Crippen molar-refractivity contribution in [2.45, 2.75) is 20.8 Å². The molecule has 0 aliphatic rings. The Labute approximate surface area is 110 Å². The normalized spacial score (nSPS) is 10.4. The first kappa shape index (κ1) is 12.1. The predicted molar refractivity (Wildman–Crippen MR) is 75.9 cm³/mol. The van der Waals surface area contributed by atoms with Crippen molar-refractivity contribution in [1.29, 1.82) is 0 Å². The third kappa shape index (κ3) is 3.07. The lowest BCUT2D eigenvalue weighted by atomic mass is 10.1. The van der Waals surface area contributed by atoms with Crippen molar-refractivity contribution in [2.24, 2.45) is 0 Å². The zero-order valence-corrected chi connectivity index (χ0v) is 11.8. The molecule has 1 heterocycles. The van der Waals surface area contributed by atoms with Gasteiger partial charge in [-0.2, -0.15) is 0 Å². The van der Waals surface area contributed by atoms with E-state index in [1.807, 2.05) is 19.1 Å². The van der Waals surface area contributed by atoms with E-state index in [4.69, 9.17) is 0 Å². The number of hydrogen-bond donors (Lipinski definition) is 1. The fourth-order valence-electron chi connectivity index (χ4n) is 1.81. The van der Waals surface area contributed by atoms with E-state index in [2.05, 4.69) is 58.3 Å². The number of pyridine rings is 1. The van der Waals surface area contributed by atoms with Gasteiger partial charge in [-0.05, 0) is 72.1 Å². The van der Waals surface area contributed by atoms with Gasteiger partial charge in [-0.3, -0.25) is 0 Å². The minimum Gasteiger partial charge on any atom is -0.340 e. The van der Waals surface area contributed by atoms with Gasteiger partial charge in [0.2, 0.25) is 0 Å². The van der Waals surface area contributed by atoms with Gasteiger partial charge < -0.3 is 5.32 Å². The molecule has 0 unspecified atom stereocenters. The van der Waals surface area contributed by atoms with Crippen LogP contribution in [0.25, 0.3) is 0 Å². The van der Waals surface area contributed by atoms with Gasteiger partial charge in [-0.25, -0.2) is 4.98 Å². The molecule has 1 N–H and O–H groups in total. The average molecular weight is 291 g/mol. The summed E-state index contributed by atoms with van der Waals surface area (Å²) in [6, 6.07) is 10.4. The fourth-order valence-corrected chi connectivity index (χ4v) is 2.03. The number of aromatic nitrogens is 1. The third-order valence-electron chi connectivity index (χ3n) is 2.52. The van der Waals surface area contributed by atoms with E-state index in [0.29, 0.717) is 0 Å². The van der Waals surface area contributed by atoms with Crippen molar-refractivity contribution in [1.82, 2.24) is 4.98 Å². The van der Waals surface area contributed by atoms with Crippen LogP contribution in [0.1, 0.15) is 16.8 Å². The Bertz CT molecular complexity index is 530. The Morgan fingerprint density at radius 1 is 1.00 bits per heavy atom. The summed E-state index contributed by atoms with van der Waals surface area (Å²) in [7, 11) is 0. The molecule has 88 valence electrons. The Morgan fingerprint density at radius 2 is 1.65 bits per heavy atom. The quantitative estimate of drug-likeness (QED) is 0.880. The molecule has 2 nitrogen and oxygen atoms in total.